The second-order valence-electron chi connectivity index (χ2n) is 4.90. The third-order valence-electron chi connectivity index (χ3n) is 3.33. The van der Waals surface area contributed by atoms with E-state index in [1.807, 2.05) is 30.3 Å². The van der Waals surface area contributed by atoms with Crippen molar-refractivity contribution in [2.75, 3.05) is 5.32 Å². The molecule has 2 aromatic heterocycles. The first-order valence-corrected chi connectivity index (χ1v) is 7.12. The second kappa shape index (κ2) is 6.04. The van der Waals surface area contributed by atoms with Crippen molar-refractivity contribution in [3.05, 3.63) is 64.9 Å². The summed E-state index contributed by atoms with van der Waals surface area (Å²) in [4.78, 5) is 8.08. The van der Waals surface area contributed by atoms with Crippen LogP contribution in [-0.2, 0) is 12.7 Å². The zero-order valence-electron chi connectivity index (χ0n) is 11.7. The molecule has 0 unspecified atom stereocenters. The van der Waals surface area contributed by atoms with Crippen LogP contribution in [0.25, 0.3) is 10.9 Å². The summed E-state index contributed by atoms with van der Waals surface area (Å²) in [6.45, 7) is 0.354. The molecule has 0 atom stereocenters. The number of alkyl halides is 3. The molecule has 0 radical (unpaired) electrons. The minimum Gasteiger partial charge on any atom is -0.365 e. The summed E-state index contributed by atoms with van der Waals surface area (Å²) in [6.07, 6.45) is -2.01. The van der Waals surface area contributed by atoms with Gasteiger partial charge in [0.25, 0.3) is 0 Å². The van der Waals surface area contributed by atoms with Crippen molar-refractivity contribution in [1.29, 1.82) is 0 Å². The van der Waals surface area contributed by atoms with Crippen molar-refractivity contribution in [1.82, 2.24) is 9.97 Å². The summed E-state index contributed by atoms with van der Waals surface area (Å²) in [5, 5.41) is 3.86. The number of para-hydroxylation sites is 1. The summed E-state index contributed by atoms with van der Waals surface area (Å²) in [6, 6.07) is 10.4. The Hall–Kier alpha value is -2.34. The van der Waals surface area contributed by atoms with Crippen LogP contribution in [0.4, 0.5) is 19.0 Å². The minimum absolute atomic E-state index is 0.0759. The quantitative estimate of drug-likeness (QED) is 0.737. The number of fused-ring (bicyclic) bond motifs is 1. The van der Waals surface area contributed by atoms with Gasteiger partial charge in [-0.1, -0.05) is 35.9 Å². The van der Waals surface area contributed by atoms with Crippen LogP contribution in [0.2, 0.25) is 5.02 Å². The molecule has 0 saturated carbocycles. The average molecular weight is 338 g/mol. The van der Waals surface area contributed by atoms with E-state index in [9.17, 15) is 13.2 Å². The first kappa shape index (κ1) is 15.6. The van der Waals surface area contributed by atoms with Gasteiger partial charge < -0.3 is 5.32 Å². The maximum absolute atomic E-state index is 12.6. The number of benzene rings is 1. The Labute approximate surface area is 135 Å². The van der Waals surface area contributed by atoms with Crippen molar-refractivity contribution in [3.63, 3.8) is 0 Å². The number of halogens is 4. The van der Waals surface area contributed by atoms with Gasteiger partial charge in [-0.2, -0.15) is 13.2 Å². The SMILES string of the molecule is FC(F)(F)c1cnc(NCc2cccc3cccnc23)c(Cl)c1. The van der Waals surface area contributed by atoms with Crippen LogP contribution in [-0.4, -0.2) is 9.97 Å². The van der Waals surface area contributed by atoms with Gasteiger partial charge in [0.1, 0.15) is 5.82 Å². The van der Waals surface area contributed by atoms with Crippen molar-refractivity contribution in [2.45, 2.75) is 12.7 Å². The van der Waals surface area contributed by atoms with E-state index in [4.69, 9.17) is 11.6 Å². The number of rotatable bonds is 3. The van der Waals surface area contributed by atoms with Crippen LogP contribution >= 0.6 is 11.6 Å². The molecule has 23 heavy (non-hydrogen) atoms. The lowest BCUT2D eigenvalue weighted by Crippen LogP contribution is -2.08. The summed E-state index contributed by atoms with van der Waals surface area (Å²) in [5.74, 6) is 0.201. The monoisotopic (exact) mass is 337 g/mol. The molecule has 0 amide bonds. The summed E-state index contributed by atoms with van der Waals surface area (Å²) in [7, 11) is 0. The van der Waals surface area contributed by atoms with Gasteiger partial charge in [-0.05, 0) is 17.7 Å². The minimum atomic E-state index is -4.46. The first-order chi connectivity index (χ1) is 10.9. The van der Waals surface area contributed by atoms with E-state index in [0.717, 1.165) is 28.7 Å². The Morgan fingerprint density at radius 1 is 1.09 bits per heavy atom. The highest BCUT2D eigenvalue weighted by Crippen LogP contribution is 2.32. The molecule has 0 bridgehead atoms. The Bertz CT molecular complexity index is 844. The van der Waals surface area contributed by atoms with E-state index in [0.29, 0.717) is 6.54 Å². The Balaban J connectivity index is 1.83. The number of nitrogens with zero attached hydrogens (tertiary/aromatic N) is 2. The Morgan fingerprint density at radius 3 is 2.61 bits per heavy atom. The molecule has 0 spiro atoms. The molecule has 0 aliphatic heterocycles. The molecule has 118 valence electrons. The lowest BCUT2D eigenvalue weighted by atomic mass is 10.1. The van der Waals surface area contributed by atoms with Gasteiger partial charge in [0.05, 0.1) is 16.1 Å². The van der Waals surface area contributed by atoms with E-state index in [-0.39, 0.29) is 10.8 Å². The molecule has 1 aromatic carbocycles. The normalized spacial score (nSPS) is 11.7. The van der Waals surface area contributed by atoms with Crippen LogP contribution in [0.3, 0.4) is 0 Å². The fourth-order valence-corrected chi connectivity index (χ4v) is 2.45. The smallest absolute Gasteiger partial charge is 0.365 e. The fourth-order valence-electron chi connectivity index (χ4n) is 2.21. The predicted octanol–water partition coefficient (Wildman–Crippen LogP) is 4.91. The van der Waals surface area contributed by atoms with Gasteiger partial charge in [-0.25, -0.2) is 4.98 Å². The zero-order valence-corrected chi connectivity index (χ0v) is 12.5. The highest BCUT2D eigenvalue weighted by Gasteiger charge is 2.31. The molecule has 3 rings (SSSR count). The molecule has 7 heteroatoms. The van der Waals surface area contributed by atoms with Crippen LogP contribution in [0.15, 0.2) is 48.8 Å². The number of hydrogen-bond acceptors (Lipinski definition) is 3. The molecule has 2 heterocycles. The van der Waals surface area contributed by atoms with Gasteiger partial charge in [0.15, 0.2) is 0 Å². The third-order valence-corrected chi connectivity index (χ3v) is 3.62. The molecular weight excluding hydrogens is 327 g/mol. The Kier molecular flexibility index (Phi) is 4.09. The molecular formula is C16H11ClF3N3. The van der Waals surface area contributed by atoms with E-state index in [2.05, 4.69) is 15.3 Å². The molecule has 0 aliphatic carbocycles. The van der Waals surface area contributed by atoms with Crippen molar-refractivity contribution in [3.8, 4) is 0 Å². The maximum atomic E-state index is 12.6. The molecule has 0 aliphatic rings. The van der Waals surface area contributed by atoms with Gasteiger partial charge >= 0.3 is 6.18 Å². The van der Waals surface area contributed by atoms with E-state index in [1.165, 1.54) is 0 Å². The fraction of sp³-hybridized carbons (Fsp3) is 0.125. The topological polar surface area (TPSA) is 37.8 Å². The number of hydrogen-bond donors (Lipinski definition) is 1. The average Bonchev–Trinajstić information content (AvgIpc) is 2.53. The van der Waals surface area contributed by atoms with E-state index in [1.54, 1.807) is 6.20 Å². The summed E-state index contributed by atoms with van der Waals surface area (Å²) < 4.78 is 37.8. The first-order valence-electron chi connectivity index (χ1n) is 6.74. The van der Waals surface area contributed by atoms with E-state index >= 15 is 0 Å². The van der Waals surface area contributed by atoms with Gasteiger partial charge in [-0.15, -0.1) is 0 Å². The van der Waals surface area contributed by atoms with E-state index < -0.39 is 11.7 Å². The van der Waals surface area contributed by atoms with Crippen molar-refractivity contribution < 1.29 is 13.2 Å². The molecule has 1 N–H and O–H groups in total. The Morgan fingerprint density at radius 2 is 1.87 bits per heavy atom. The third kappa shape index (κ3) is 3.37. The zero-order chi connectivity index (χ0) is 16.4. The molecule has 0 saturated heterocycles. The molecule has 3 nitrogen and oxygen atoms in total. The number of anilines is 1. The predicted molar refractivity (Wildman–Crippen MR) is 83.3 cm³/mol. The molecule has 3 aromatic rings. The highest BCUT2D eigenvalue weighted by atomic mass is 35.5. The lowest BCUT2D eigenvalue weighted by Gasteiger charge is -2.11. The maximum Gasteiger partial charge on any atom is 0.417 e. The van der Waals surface area contributed by atoms with Crippen LogP contribution in [0.1, 0.15) is 11.1 Å². The van der Waals surface area contributed by atoms with Gasteiger partial charge in [0.2, 0.25) is 0 Å². The van der Waals surface area contributed by atoms with Crippen molar-refractivity contribution >= 4 is 28.3 Å². The number of nitrogens with one attached hydrogen (secondary N) is 1. The largest absolute Gasteiger partial charge is 0.417 e. The second-order valence-corrected chi connectivity index (χ2v) is 5.31. The lowest BCUT2D eigenvalue weighted by molar-refractivity contribution is -0.137. The summed E-state index contributed by atoms with van der Waals surface area (Å²) in [5.41, 5.74) is 0.853. The van der Waals surface area contributed by atoms with Crippen LogP contribution in [0.5, 0.6) is 0 Å². The van der Waals surface area contributed by atoms with Gasteiger partial charge in [0, 0.05) is 24.3 Å². The standard InChI is InChI=1S/C16H11ClF3N3/c17-13-7-12(16(18,19)20)9-23-15(13)22-8-11-4-1-3-10-5-2-6-21-14(10)11/h1-7,9H,8H2,(H,22,23). The van der Waals surface area contributed by atoms with Crippen LogP contribution in [0, 0.1) is 0 Å². The van der Waals surface area contributed by atoms with Crippen LogP contribution < -0.4 is 5.32 Å². The van der Waals surface area contributed by atoms with Crippen molar-refractivity contribution in [2.24, 2.45) is 0 Å². The molecule has 0 fully saturated rings. The number of aromatic nitrogens is 2. The van der Waals surface area contributed by atoms with Gasteiger partial charge in [-0.3, -0.25) is 4.98 Å². The number of pyridine rings is 2. The summed E-state index contributed by atoms with van der Waals surface area (Å²) >= 11 is 5.88. The highest BCUT2D eigenvalue weighted by molar-refractivity contribution is 6.32.